The second-order valence-electron chi connectivity index (χ2n) is 7.71. The van der Waals surface area contributed by atoms with Gasteiger partial charge in [0.1, 0.15) is 11.5 Å². The van der Waals surface area contributed by atoms with Crippen LogP contribution >= 0.6 is 0 Å². The Kier molecular flexibility index (Phi) is 7.56. The number of nitrogens with one attached hydrogen (secondary N) is 1. The van der Waals surface area contributed by atoms with E-state index >= 15 is 0 Å². The molecule has 0 atom stereocenters. The van der Waals surface area contributed by atoms with Crippen LogP contribution < -0.4 is 14.2 Å². The number of nitrogens with zero attached hydrogens (tertiary/aromatic N) is 1. The van der Waals surface area contributed by atoms with Crippen LogP contribution in [-0.2, 0) is 34.2 Å². The van der Waals surface area contributed by atoms with Crippen LogP contribution in [-0.4, -0.2) is 47.0 Å². The Bertz CT molecular complexity index is 1040. The fourth-order valence-corrected chi connectivity index (χ4v) is 4.85. The highest BCUT2D eigenvalue weighted by Gasteiger charge is 2.19. The van der Waals surface area contributed by atoms with Gasteiger partial charge >= 0.3 is 0 Å². The molecule has 0 fully saturated rings. The zero-order chi connectivity index (χ0) is 22.4. The highest BCUT2D eigenvalue weighted by atomic mass is 32.2. The normalized spacial score (nSPS) is 13.4. The number of fused-ring (bicyclic) bond motifs is 1. The minimum absolute atomic E-state index is 0.0440. The number of aryl methyl sites for hydroxylation is 2. The van der Waals surface area contributed by atoms with Crippen LogP contribution in [0.3, 0.4) is 0 Å². The Balaban J connectivity index is 1.55. The van der Waals surface area contributed by atoms with Gasteiger partial charge in [0.2, 0.25) is 15.9 Å². The molecule has 0 bridgehead atoms. The van der Waals surface area contributed by atoms with E-state index in [-0.39, 0.29) is 23.8 Å². The van der Waals surface area contributed by atoms with Crippen molar-refractivity contribution in [1.29, 1.82) is 0 Å². The van der Waals surface area contributed by atoms with Crippen molar-refractivity contribution in [3.8, 4) is 11.5 Å². The Morgan fingerprint density at radius 3 is 2.48 bits per heavy atom. The van der Waals surface area contributed by atoms with Crippen molar-refractivity contribution in [2.75, 3.05) is 27.8 Å². The lowest BCUT2D eigenvalue weighted by atomic mass is 9.92. The fourth-order valence-electron chi connectivity index (χ4n) is 3.77. The van der Waals surface area contributed by atoms with E-state index in [1.807, 2.05) is 18.2 Å². The SMILES string of the molecule is COc1ccc(CN(C)C(=O)CCNS(=O)(=O)c2ccc3c(c2)CCCC3)c(OC)c1. The molecule has 7 nitrogen and oxygen atoms in total. The molecule has 0 saturated carbocycles. The molecule has 1 N–H and O–H groups in total. The maximum atomic E-state index is 12.6. The van der Waals surface area contributed by atoms with Gasteiger partial charge < -0.3 is 14.4 Å². The standard InChI is InChI=1S/C23H30N2O5S/c1-25(16-19-8-10-20(29-2)15-22(19)30-3)23(26)12-13-24-31(27,28)21-11-9-17-6-4-5-7-18(17)14-21/h8-11,14-15,24H,4-7,12-13,16H2,1-3H3. The molecule has 0 unspecified atom stereocenters. The van der Waals surface area contributed by atoms with Crippen LogP contribution in [0.25, 0.3) is 0 Å². The lowest BCUT2D eigenvalue weighted by molar-refractivity contribution is -0.130. The predicted molar refractivity (Wildman–Crippen MR) is 119 cm³/mol. The van der Waals surface area contributed by atoms with E-state index in [1.165, 1.54) is 5.56 Å². The van der Waals surface area contributed by atoms with Gasteiger partial charge in [-0.2, -0.15) is 0 Å². The quantitative estimate of drug-likeness (QED) is 0.640. The van der Waals surface area contributed by atoms with Gasteiger partial charge in [-0.05, 0) is 61.1 Å². The zero-order valence-electron chi connectivity index (χ0n) is 18.3. The summed E-state index contributed by atoms with van der Waals surface area (Å²) in [6.45, 7) is 0.395. The lowest BCUT2D eigenvalue weighted by Crippen LogP contribution is -2.32. The summed E-state index contributed by atoms with van der Waals surface area (Å²) < 4.78 is 38.4. The molecule has 0 saturated heterocycles. The van der Waals surface area contributed by atoms with Crippen LogP contribution in [0, 0.1) is 0 Å². The molecule has 8 heteroatoms. The van der Waals surface area contributed by atoms with E-state index in [0.717, 1.165) is 36.8 Å². The molecule has 0 spiro atoms. The monoisotopic (exact) mass is 446 g/mol. The third-order valence-electron chi connectivity index (χ3n) is 5.59. The van der Waals surface area contributed by atoms with Crippen molar-refractivity contribution in [3.63, 3.8) is 0 Å². The van der Waals surface area contributed by atoms with E-state index in [4.69, 9.17) is 9.47 Å². The summed E-state index contributed by atoms with van der Waals surface area (Å²) in [5, 5.41) is 0. The van der Waals surface area contributed by atoms with Crippen LogP contribution in [0.5, 0.6) is 11.5 Å². The van der Waals surface area contributed by atoms with Crippen molar-refractivity contribution in [2.45, 2.75) is 43.5 Å². The molecule has 2 aromatic rings. The van der Waals surface area contributed by atoms with Crippen LogP contribution in [0.4, 0.5) is 0 Å². The summed E-state index contributed by atoms with van der Waals surface area (Å²) in [5.74, 6) is 1.14. The molecule has 0 heterocycles. The molecular formula is C23H30N2O5S. The molecule has 1 amide bonds. The first-order valence-electron chi connectivity index (χ1n) is 10.4. The molecule has 1 aliphatic carbocycles. The Hall–Kier alpha value is -2.58. The second kappa shape index (κ2) is 10.2. The molecule has 2 aromatic carbocycles. The number of hydrogen-bond acceptors (Lipinski definition) is 5. The molecule has 0 aliphatic heterocycles. The number of ether oxygens (including phenoxy) is 2. The summed E-state index contributed by atoms with van der Waals surface area (Å²) in [5.41, 5.74) is 3.18. The van der Waals surface area contributed by atoms with Crippen LogP contribution in [0.1, 0.15) is 36.0 Å². The Morgan fingerprint density at radius 2 is 1.77 bits per heavy atom. The van der Waals surface area contributed by atoms with E-state index < -0.39 is 10.0 Å². The Morgan fingerprint density at radius 1 is 1.03 bits per heavy atom. The van der Waals surface area contributed by atoms with Gasteiger partial charge in [-0.25, -0.2) is 13.1 Å². The van der Waals surface area contributed by atoms with Gasteiger partial charge in [-0.15, -0.1) is 0 Å². The first-order chi connectivity index (χ1) is 14.8. The number of carbonyl (C=O) groups is 1. The van der Waals surface area contributed by atoms with E-state index in [0.29, 0.717) is 18.0 Å². The predicted octanol–water partition coefficient (Wildman–Crippen LogP) is 2.91. The topological polar surface area (TPSA) is 84.9 Å². The molecule has 0 radical (unpaired) electrons. The van der Waals surface area contributed by atoms with Gasteiger partial charge in [0.25, 0.3) is 0 Å². The van der Waals surface area contributed by atoms with Crippen molar-refractivity contribution in [3.05, 3.63) is 53.1 Å². The number of hydrogen-bond donors (Lipinski definition) is 1. The highest BCUT2D eigenvalue weighted by molar-refractivity contribution is 7.89. The van der Waals surface area contributed by atoms with Crippen molar-refractivity contribution in [2.24, 2.45) is 0 Å². The summed E-state index contributed by atoms with van der Waals surface area (Å²) >= 11 is 0. The summed E-state index contributed by atoms with van der Waals surface area (Å²) in [6.07, 6.45) is 4.22. The van der Waals surface area contributed by atoms with Gasteiger partial charge in [0.15, 0.2) is 0 Å². The minimum Gasteiger partial charge on any atom is -0.497 e. The van der Waals surface area contributed by atoms with Gasteiger partial charge in [0, 0.05) is 38.2 Å². The average molecular weight is 447 g/mol. The minimum atomic E-state index is -3.65. The second-order valence-corrected chi connectivity index (χ2v) is 9.48. The molecular weight excluding hydrogens is 416 g/mol. The molecule has 1 aliphatic rings. The fraction of sp³-hybridized carbons (Fsp3) is 0.435. The van der Waals surface area contributed by atoms with Gasteiger partial charge in [-0.3, -0.25) is 4.79 Å². The molecule has 0 aromatic heterocycles. The molecule has 31 heavy (non-hydrogen) atoms. The number of amides is 1. The van der Waals surface area contributed by atoms with Gasteiger partial charge in [-0.1, -0.05) is 6.07 Å². The number of rotatable bonds is 9. The number of benzene rings is 2. The van der Waals surface area contributed by atoms with Gasteiger partial charge in [0.05, 0.1) is 19.1 Å². The van der Waals surface area contributed by atoms with E-state index in [2.05, 4.69) is 4.72 Å². The first-order valence-corrected chi connectivity index (χ1v) is 11.9. The summed E-state index contributed by atoms with van der Waals surface area (Å²) in [7, 11) is 1.18. The molecule has 168 valence electrons. The van der Waals surface area contributed by atoms with Crippen LogP contribution in [0.15, 0.2) is 41.3 Å². The molecule has 3 rings (SSSR count). The summed E-state index contributed by atoms with van der Waals surface area (Å²) in [4.78, 5) is 14.3. The third kappa shape index (κ3) is 5.77. The maximum absolute atomic E-state index is 12.6. The zero-order valence-corrected chi connectivity index (χ0v) is 19.1. The smallest absolute Gasteiger partial charge is 0.240 e. The first kappa shape index (κ1) is 23.1. The average Bonchev–Trinajstić information content (AvgIpc) is 2.78. The largest absolute Gasteiger partial charge is 0.497 e. The number of sulfonamides is 1. The van der Waals surface area contributed by atoms with E-state index in [9.17, 15) is 13.2 Å². The number of methoxy groups -OCH3 is 2. The van der Waals surface area contributed by atoms with Crippen molar-refractivity contribution in [1.82, 2.24) is 9.62 Å². The highest BCUT2D eigenvalue weighted by Crippen LogP contribution is 2.26. The van der Waals surface area contributed by atoms with Crippen LogP contribution in [0.2, 0.25) is 0 Å². The maximum Gasteiger partial charge on any atom is 0.240 e. The number of carbonyl (C=O) groups excluding carboxylic acids is 1. The van der Waals surface area contributed by atoms with Crippen molar-refractivity contribution < 1.29 is 22.7 Å². The lowest BCUT2D eigenvalue weighted by Gasteiger charge is -2.20. The Labute approximate surface area is 184 Å². The van der Waals surface area contributed by atoms with Crippen molar-refractivity contribution >= 4 is 15.9 Å². The summed E-state index contributed by atoms with van der Waals surface area (Å²) in [6, 6.07) is 10.7. The third-order valence-corrected chi connectivity index (χ3v) is 7.05. The van der Waals surface area contributed by atoms with E-state index in [1.54, 1.807) is 44.4 Å².